The second-order valence-electron chi connectivity index (χ2n) is 7.12. The summed E-state index contributed by atoms with van der Waals surface area (Å²) in [7, 11) is 1.61. The Morgan fingerprint density at radius 1 is 1.19 bits per heavy atom. The van der Waals surface area contributed by atoms with Gasteiger partial charge >= 0.3 is 0 Å². The number of hydrogen-bond acceptors (Lipinski definition) is 3. The van der Waals surface area contributed by atoms with Crippen LogP contribution in [0.2, 0.25) is 0 Å². The Morgan fingerprint density at radius 2 is 2.04 bits per heavy atom. The number of rotatable bonds is 4. The zero-order chi connectivity index (χ0) is 19.0. The number of aromatic nitrogens is 1. The number of allylic oxidation sites excluding steroid dienone is 1. The number of benzene rings is 2. The lowest BCUT2D eigenvalue weighted by atomic mass is 9.97. The summed E-state index contributed by atoms with van der Waals surface area (Å²) in [6.45, 7) is 3.92. The first-order valence-electron chi connectivity index (χ1n) is 8.86. The number of H-pyrrole nitrogens is 1. The number of ether oxygens (including phenoxy) is 2. The van der Waals surface area contributed by atoms with Crippen LogP contribution in [0.25, 0.3) is 23.1 Å². The van der Waals surface area contributed by atoms with E-state index < -0.39 is 5.60 Å². The fourth-order valence-corrected chi connectivity index (χ4v) is 3.23. The molecule has 0 bridgehead atoms. The van der Waals surface area contributed by atoms with Crippen LogP contribution >= 0.6 is 0 Å². The van der Waals surface area contributed by atoms with Gasteiger partial charge in [-0.1, -0.05) is 18.2 Å². The highest BCUT2D eigenvalue weighted by molar-refractivity contribution is 6.09. The summed E-state index contributed by atoms with van der Waals surface area (Å²) < 4.78 is 11.5. The Morgan fingerprint density at radius 3 is 2.85 bits per heavy atom. The standard InChI is InChI=1S/C23H21NO3/c1-23(2)12-10-18-21(26-3)9-7-17(22(18)27-23)20(25)8-5-15-4-6-16-11-13-24-19(16)14-15/h4-14,24H,1-3H3/b8-5+. The van der Waals surface area contributed by atoms with Crippen molar-refractivity contribution in [2.75, 3.05) is 7.11 Å². The molecule has 136 valence electrons. The van der Waals surface area contributed by atoms with Crippen LogP contribution < -0.4 is 9.47 Å². The van der Waals surface area contributed by atoms with Gasteiger partial charge in [0.05, 0.1) is 18.2 Å². The van der Waals surface area contributed by atoms with Gasteiger partial charge < -0.3 is 14.5 Å². The van der Waals surface area contributed by atoms with Crippen molar-refractivity contribution in [3.05, 3.63) is 71.4 Å². The summed E-state index contributed by atoms with van der Waals surface area (Å²) in [6.07, 6.45) is 9.23. The van der Waals surface area contributed by atoms with Crippen molar-refractivity contribution < 1.29 is 14.3 Å². The van der Waals surface area contributed by atoms with Gasteiger partial charge in [0.1, 0.15) is 17.1 Å². The van der Waals surface area contributed by atoms with E-state index in [1.165, 1.54) is 0 Å². The zero-order valence-corrected chi connectivity index (χ0v) is 15.6. The molecular formula is C23H21NO3. The Kier molecular flexibility index (Phi) is 4.11. The largest absolute Gasteiger partial charge is 0.496 e. The van der Waals surface area contributed by atoms with Gasteiger partial charge in [0.2, 0.25) is 0 Å². The highest BCUT2D eigenvalue weighted by Gasteiger charge is 2.27. The topological polar surface area (TPSA) is 51.3 Å². The van der Waals surface area contributed by atoms with E-state index in [0.717, 1.165) is 22.0 Å². The fourth-order valence-electron chi connectivity index (χ4n) is 3.23. The number of aromatic amines is 1. The van der Waals surface area contributed by atoms with Crippen LogP contribution in [-0.2, 0) is 0 Å². The summed E-state index contributed by atoms with van der Waals surface area (Å²) in [5.74, 6) is 1.15. The number of nitrogens with one attached hydrogen (secondary N) is 1. The van der Waals surface area contributed by atoms with E-state index in [0.29, 0.717) is 17.1 Å². The van der Waals surface area contributed by atoms with E-state index in [-0.39, 0.29) is 5.78 Å². The summed E-state index contributed by atoms with van der Waals surface area (Å²) in [5.41, 5.74) is 2.85. The van der Waals surface area contributed by atoms with Crippen molar-refractivity contribution in [2.24, 2.45) is 0 Å². The minimum Gasteiger partial charge on any atom is -0.496 e. The van der Waals surface area contributed by atoms with E-state index >= 15 is 0 Å². The number of fused-ring (bicyclic) bond motifs is 2. The molecule has 0 aliphatic carbocycles. The lowest BCUT2D eigenvalue weighted by Gasteiger charge is -2.29. The predicted molar refractivity (Wildman–Crippen MR) is 108 cm³/mol. The van der Waals surface area contributed by atoms with Gasteiger partial charge in [0.25, 0.3) is 0 Å². The third kappa shape index (κ3) is 3.26. The molecule has 1 aliphatic heterocycles. The first-order valence-corrected chi connectivity index (χ1v) is 8.86. The van der Waals surface area contributed by atoms with Crippen molar-refractivity contribution in [3.63, 3.8) is 0 Å². The molecule has 4 rings (SSSR count). The fraction of sp³-hybridized carbons (Fsp3) is 0.174. The van der Waals surface area contributed by atoms with Gasteiger partial charge in [-0.2, -0.15) is 0 Å². The minimum atomic E-state index is -0.475. The average molecular weight is 359 g/mol. The number of carbonyl (C=O) groups excluding carboxylic acids is 1. The van der Waals surface area contributed by atoms with E-state index in [2.05, 4.69) is 4.98 Å². The maximum Gasteiger partial charge on any atom is 0.189 e. The maximum atomic E-state index is 12.9. The molecule has 1 aromatic heterocycles. The number of hydrogen-bond donors (Lipinski definition) is 1. The van der Waals surface area contributed by atoms with Crippen molar-refractivity contribution >= 4 is 28.8 Å². The molecule has 2 heterocycles. The van der Waals surface area contributed by atoms with Crippen molar-refractivity contribution in [2.45, 2.75) is 19.4 Å². The lowest BCUT2D eigenvalue weighted by Crippen LogP contribution is -2.28. The number of carbonyl (C=O) groups is 1. The van der Waals surface area contributed by atoms with E-state index in [1.807, 2.05) is 62.5 Å². The Bertz CT molecular complexity index is 1090. The second kappa shape index (κ2) is 6.47. The van der Waals surface area contributed by atoms with Crippen LogP contribution in [0.5, 0.6) is 11.5 Å². The molecule has 0 atom stereocenters. The van der Waals surface area contributed by atoms with Crippen LogP contribution in [0.4, 0.5) is 0 Å². The second-order valence-corrected chi connectivity index (χ2v) is 7.12. The average Bonchev–Trinajstić information content (AvgIpc) is 3.12. The molecule has 4 nitrogen and oxygen atoms in total. The lowest BCUT2D eigenvalue weighted by molar-refractivity contribution is 0.103. The molecule has 0 spiro atoms. The van der Waals surface area contributed by atoms with E-state index in [9.17, 15) is 4.79 Å². The molecule has 4 heteroatoms. The Balaban J connectivity index is 1.68. The van der Waals surface area contributed by atoms with Gasteiger partial charge in [-0.15, -0.1) is 0 Å². The summed E-state index contributed by atoms with van der Waals surface area (Å²) in [4.78, 5) is 16.1. The van der Waals surface area contributed by atoms with Crippen LogP contribution in [0, 0.1) is 0 Å². The monoisotopic (exact) mass is 359 g/mol. The van der Waals surface area contributed by atoms with Gasteiger partial charge in [-0.3, -0.25) is 4.79 Å². The van der Waals surface area contributed by atoms with Crippen LogP contribution in [0.1, 0.15) is 35.3 Å². The third-order valence-corrected chi connectivity index (χ3v) is 4.66. The smallest absolute Gasteiger partial charge is 0.189 e. The first-order chi connectivity index (χ1) is 13.0. The molecule has 0 saturated heterocycles. The highest BCUT2D eigenvalue weighted by atomic mass is 16.5. The Labute approximate surface area is 158 Å². The molecule has 3 aromatic rings. The van der Waals surface area contributed by atoms with Crippen molar-refractivity contribution in [1.82, 2.24) is 4.98 Å². The minimum absolute atomic E-state index is 0.105. The van der Waals surface area contributed by atoms with Gasteiger partial charge in [-0.05, 0) is 67.3 Å². The van der Waals surface area contributed by atoms with Crippen LogP contribution in [0.15, 0.2) is 54.7 Å². The predicted octanol–water partition coefficient (Wildman–Crippen LogP) is 5.26. The van der Waals surface area contributed by atoms with Crippen LogP contribution in [-0.4, -0.2) is 23.5 Å². The first kappa shape index (κ1) is 17.2. The Hall–Kier alpha value is -3.27. The van der Waals surface area contributed by atoms with Crippen molar-refractivity contribution in [1.29, 1.82) is 0 Å². The van der Waals surface area contributed by atoms with Crippen LogP contribution in [0.3, 0.4) is 0 Å². The van der Waals surface area contributed by atoms with Gasteiger partial charge in [-0.25, -0.2) is 0 Å². The maximum absolute atomic E-state index is 12.9. The summed E-state index contributed by atoms with van der Waals surface area (Å²) in [5, 5.41) is 1.14. The molecule has 2 aromatic carbocycles. The molecule has 27 heavy (non-hydrogen) atoms. The zero-order valence-electron chi connectivity index (χ0n) is 15.6. The molecule has 0 unspecified atom stereocenters. The highest BCUT2D eigenvalue weighted by Crippen LogP contribution is 2.39. The number of methoxy groups -OCH3 is 1. The van der Waals surface area contributed by atoms with Gasteiger partial charge in [0.15, 0.2) is 5.78 Å². The van der Waals surface area contributed by atoms with Gasteiger partial charge in [0, 0.05) is 11.7 Å². The van der Waals surface area contributed by atoms with E-state index in [1.54, 1.807) is 25.3 Å². The summed E-state index contributed by atoms with van der Waals surface area (Å²) >= 11 is 0. The molecule has 1 N–H and O–H groups in total. The molecule has 1 aliphatic rings. The van der Waals surface area contributed by atoms with Crippen molar-refractivity contribution in [3.8, 4) is 11.5 Å². The molecular weight excluding hydrogens is 338 g/mol. The third-order valence-electron chi connectivity index (χ3n) is 4.66. The molecule has 0 fully saturated rings. The SMILES string of the molecule is COc1ccc(C(=O)/C=C/c2ccc3cc[nH]c3c2)c2c1C=CC(C)(C)O2. The molecule has 0 amide bonds. The quantitative estimate of drug-likeness (QED) is 0.511. The molecule has 0 radical (unpaired) electrons. The number of ketones is 1. The summed E-state index contributed by atoms with van der Waals surface area (Å²) in [6, 6.07) is 11.6. The van der Waals surface area contributed by atoms with E-state index in [4.69, 9.17) is 9.47 Å². The molecule has 0 saturated carbocycles. The normalized spacial score (nSPS) is 14.9.